The van der Waals surface area contributed by atoms with Crippen molar-refractivity contribution in [2.24, 2.45) is 28.6 Å². The van der Waals surface area contributed by atoms with Crippen LogP contribution in [0.1, 0.15) is 50.6 Å². The largest absolute Gasteiger partial charge is 0.443 e. The minimum absolute atomic E-state index is 0.0195. The molecular formula is C27H28ClF3O6S. The molecule has 0 saturated heterocycles. The Morgan fingerprint density at radius 1 is 1.26 bits per heavy atom. The summed E-state index contributed by atoms with van der Waals surface area (Å²) in [6.45, 7) is 4.74. The number of hydrogen-bond donors (Lipinski definition) is 1. The second kappa shape index (κ2) is 8.99. The van der Waals surface area contributed by atoms with E-state index in [4.69, 9.17) is 20.8 Å². The van der Waals surface area contributed by atoms with Crippen LogP contribution in [0.15, 0.2) is 40.4 Å². The number of halogens is 4. The number of carbonyl (C=O) groups excluding carboxylic acids is 3. The van der Waals surface area contributed by atoms with E-state index < -0.39 is 75.0 Å². The molecule has 3 saturated carbocycles. The molecule has 3 fully saturated rings. The van der Waals surface area contributed by atoms with Crippen molar-refractivity contribution in [1.29, 1.82) is 0 Å². The predicted octanol–water partition coefficient (Wildman–Crippen LogP) is 5.58. The molecule has 0 radical (unpaired) electrons. The summed E-state index contributed by atoms with van der Waals surface area (Å²) < 4.78 is 57.6. The number of aliphatic hydroxyl groups excluding tert-OH is 1. The monoisotopic (exact) mass is 572 g/mol. The molecule has 9 unspecified atom stereocenters. The quantitative estimate of drug-likeness (QED) is 0.471. The van der Waals surface area contributed by atoms with Crippen LogP contribution in [-0.4, -0.2) is 51.5 Å². The van der Waals surface area contributed by atoms with Crippen molar-refractivity contribution in [3.63, 3.8) is 0 Å². The van der Waals surface area contributed by atoms with Crippen LogP contribution in [0.2, 0.25) is 5.22 Å². The number of carbonyl (C=O) groups is 3. The number of ether oxygens (including phenoxy) is 1. The lowest BCUT2D eigenvalue weighted by Crippen LogP contribution is -2.70. The van der Waals surface area contributed by atoms with E-state index in [1.54, 1.807) is 13.8 Å². The summed E-state index contributed by atoms with van der Waals surface area (Å²) in [5.74, 6) is -4.27. The van der Waals surface area contributed by atoms with Crippen molar-refractivity contribution in [2.45, 2.75) is 63.6 Å². The molecule has 0 aromatic carbocycles. The van der Waals surface area contributed by atoms with Crippen LogP contribution in [0.4, 0.5) is 13.2 Å². The van der Waals surface area contributed by atoms with Gasteiger partial charge in [0.05, 0.1) is 6.10 Å². The van der Waals surface area contributed by atoms with Crippen LogP contribution >= 0.6 is 23.4 Å². The predicted molar refractivity (Wildman–Crippen MR) is 134 cm³/mol. The number of allylic oxidation sites excluding steroid dienone is 4. The number of fused-ring (bicyclic) bond motifs is 5. The van der Waals surface area contributed by atoms with Crippen molar-refractivity contribution in [3.05, 3.63) is 46.9 Å². The summed E-state index contributed by atoms with van der Waals surface area (Å²) in [7, 11) is 0. The number of rotatable bonds is 4. The Morgan fingerprint density at radius 2 is 1.97 bits per heavy atom. The van der Waals surface area contributed by atoms with E-state index in [1.807, 2.05) is 0 Å². The van der Waals surface area contributed by atoms with Gasteiger partial charge in [0.25, 0.3) is 0 Å². The van der Waals surface area contributed by atoms with E-state index in [1.165, 1.54) is 31.2 Å². The Kier molecular flexibility index (Phi) is 6.51. The van der Waals surface area contributed by atoms with E-state index in [0.29, 0.717) is 11.8 Å². The molecular weight excluding hydrogens is 545 g/mol. The highest BCUT2D eigenvalue weighted by Crippen LogP contribution is 2.72. The third kappa shape index (κ3) is 3.41. The molecule has 1 aromatic rings. The van der Waals surface area contributed by atoms with Crippen molar-refractivity contribution in [1.82, 2.24) is 0 Å². The Bertz CT molecular complexity index is 1270. The van der Waals surface area contributed by atoms with Crippen molar-refractivity contribution in [2.75, 3.05) is 6.01 Å². The number of ketones is 1. The maximum absolute atomic E-state index is 17.4. The minimum Gasteiger partial charge on any atom is -0.443 e. The Morgan fingerprint density at radius 3 is 2.61 bits per heavy atom. The molecule has 11 heteroatoms. The van der Waals surface area contributed by atoms with Gasteiger partial charge in [-0.3, -0.25) is 9.59 Å². The molecule has 0 spiro atoms. The zero-order valence-corrected chi connectivity index (χ0v) is 22.6. The number of furan rings is 1. The summed E-state index contributed by atoms with van der Waals surface area (Å²) in [6, 6.07) is 1.51. The van der Waals surface area contributed by atoms with E-state index in [-0.39, 0.29) is 35.8 Å². The van der Waals surface area contributed by atoms with Crippen molar-refractivity contribution < 1.29 is 41.8 Å². The summed E-state index contributed by atoms with van der Waals surface area (Å²) in [5.41, 5.74) is -7.32. The van der Waals surface area contributed by atoms with Crippen LogP contribution in [-0.2, 0) is 14.3 Å². The van der Waals surface area contributed by atoms with Crippen LogP contribution in [0.25, 0.3) is 0 Å². The maximum Gasteiger partial charge on any atom is 0.375 e. The molecule has 4 aliphatic rings. The maximum atomic E-state index is 17.4. The highest BCUT2D eigenvalue weighted by molar-refractivity contribution is 8.13. The number of esters is 1. The van der Waals surface area contributed by atoms with Crippen LogP contribution < -0.4 is 0 Å². The first-order chi connectivity index (χ1) is 17.8. The number of aliphatic hydroxyl groups is 1. The van der Waals surface area contributed by atoms with Gasteiger partial charge >= 0.3 is 5.97 Å². The minimum atomic E-state index is -2.37. The van der Waals surface area contributed by atoms with E-state index in [2.05, 4.69) is 0 Å². The first-order valence-corrected chi connectivity index (χ1v) is 13.8. The molecule has 4 aliphatic carbocycles. The van der Waals surface area contributed by atoms with Crippen LogP contribution in [0.5, 0.6) is 0 Å². The number of alkyl halides is 3. The van der Waals surface area contributed by atoms with Crippen molar-refractivity contribution in [3.8, 4) is 0 Å². The van der Waals surface area contributed by atoms with Gasteiger partial charge in [0, 0.05) is 22.7 Å². The normalized spacial score (nSPS) is 43.6. The van der Waals surface area contributed by atoms with E-state index in [0.717, 1.165) is 6.08 Å². The molecule has 0 bridgehead atoms. The van der Waals surface area contributed by atoms with Gasteiger partial charge < -0.3 is 14.3 Å². The molecule has 1 aromatic heterocycles. The third-order valence-electron chi connectivity index (χ3n) is 9.69. The molecule has 6 nitrogen and oxygen atoms in total. The zero-order chi connectivity index (χ0) is 27.8. The molecule has 5 rings (SSSR count). The fourth-order valence-corrected chi connectivity index (χ4v) is 8.93. The first-order valence-electron chi connectivity index (χ1n) is 12.4. The van der Waals surface area contributed by atoms with Crippen LogP contribution in [0.3, 0.4) is 0 Å². The lowest BCUT2D eigenvalue weighted by molar-refractivity contribution is -0.221. The summed E-state index contributed by atoms with van der Waals surface area (Å²) >= 11 is 6.13. The van der Waals surface area contributed by atoms with Gasteiger partial charge in [-0.2, -0.15) is 0 Å². The molecule has 0 amide bonds. The second-order valence-electron chi connectivity index (χ2n) is 11.3. The highest BCUT2D eigenvalue weighted by atomic mass is 35.5. The SMILES string of the molecule is CC1CC2C3CC(F)C4=CC(=O)C=CC4(C)C3(F)C(O)CC2(C)C1(OC(=O)c1ccc(Cl)o1)C(=O)SCF. The molecule has 206 valence electrons. The van der Waals surface area contributed by atoms with Gasteiger partial charge in [-0.25, -0.2) is 18.0 Å². The fourth-order valence-electron chi connectivity index (χ4n) is 8.00. The van der Waals surface area contributed by atoms with Gasteiger partial charge in [-0.05, 0) is 85.3 Å². The summed E-state index contributed by atoms with van der Waals surface area (Å²) in [4.78, 5) is 38.8. The summed E-state index contributed by atoms with van der Waals surface area (Å²) in [5, 5.41) is 10.6. The van der Waals surface area contributed by atoms with Gasteiger partial charge in [0.2, 0.25) is 10.9 Å². The fraction of sp³-hybridized carbons (Fsp3) is 0.593. The van der Waals surface area contributed by atoms with Gasteiger partial charge in [-0.15, -0.1) is 0 Å². The van der Waals surface area contributed by atoms with Gasteiger partial charge in [0.1, 0.15) is 12.2 Å². The van der Waals surface area contributed by atoms with Crippen molar-refractivity contribution >= 4 is 40.2 Å². The van der Waals surface area contributed by atoms with Crippen LogP contribution in [0, 0.1) is 28.6 Å². The average Bonchev–Trinajstić information content (AvgIpc) is 3.38. The first kappa shape index (κ1) is 27.5. The third-order valence-corrected chi connectivity index (χ3v) is 10.6. The number of hydrogen-bond acceptors (Lipinski definition) is 7. The lowest BCUT2D eigenvalue weighted by Gasteiger charge is -2.63. The average molecular weight is 573 g/mol. The molecule has 0 aliphatic heterocycles. The molecule has 9 atom stereocenters. The zero-order valence-electron chi connectivity index (χ0n) is 21.0. The smallest absolute Gasteiger partial charge is 0.375 e. The Balaban J connectivity index is 1.63. The Labute approximate surface area is 227 Å². The van der Waals surface area contributed by atoms with Gasteiger partial charge in [0.15, 0.2) is 22.3 Å². The molecule has 1 heterocycles. The topological polar surface area (TPSA) is 93.8 Å². The summed E-state index contributed by atoms with van der Waals surface area (Å²) in [6.07, 6.45) is -0.252. The highest BCUT2D eigenvalue weighted by Gasteiger charge is 2.78. The van der Waals surface area contributed by atoms with E-state index >= 15 is 8.78 Å². The number of thioether (sulfide) groups is 1. The van der Waals surface area contributed by atoms with E-state index in [9.17, 15) is 23.9 Å². The van der Waals surface area contributed by atoms with Gasteiger partial charge in [-0.1, -0.05) is 19.9 Å². The Hall–Kier alpha value is -2.04. The molecule has 1 N–H and O–H groups in total. The lowest BCUT2D eigenvalue weighted by atomic mass is 9.44. The molecule has 38 heavy (non-hydrogen) atoms. The standard InChI is InChI=1S/C27H28ClF3O6S/c1-13-8-15-16-10-18(30)17-9-14(32)6-7-24(17,2)26(16,31)20(33)11-25(15,3)27(13,23(35)38-12-29)37-22(34)19-4-5-21(28)36-19/h4-7,9,13,15-16,18,20,33H,8,10-12H2,1-3H3. The second-order valence-corrected chi connectivity index (χ2v) is 12.5.